The van der Waals surface area contributed by atoms with Crippen molar-refractivity contribution in [2.45, 2.75) is 36.7 Å². The lowest BCUT2D eigenvalue weighted by Gasteiger charge is -2.33. The van der Waals surface area contributed by atoms with E-state index >= 15 is 0 Å². The minimum atomic E-state index is -3.64. The maximum atomic E-state index is 13.8. The molecule has 198 valence electrons. The van der Waals surface area contributed by atoms with E-state index in [-0.39, 0.29) is 35.9 Å². The minimum absolute atomic E-state index is 0.0250. The highest BCUT2D eigenvalue weighted by atomic mass is 32.2. The molecule has 2 saturated heterocycles. The monoisotopic (exact) mass is 545 g/mol. The van der Waals surface area contributed by atoms with Gasteiger partial charge < -0.3 is 14.2 Å². The van der Waals surface area contributed by atoms with Crippen molar-refractivity contribution in [3.05, 3.63) is 42.5 Å². The van der Waals surface area contributed by atoms with E-state index in [1.165, 1.54) is 15.6 Å². The Hall–Kier alpha value is -2.73. The zero-order valence-electron chi connectivity index (χ0n) is 21.0. The van der Waals surface area contributed by atoms with Crippen molar-refractivity contribution < 1.29 is 27.4 Å². The third-order valence-corrected chi connectivity index (χ3v) is 9.96. The molecule has 1 unspecified atom stereocenters. The molecular weight excluding hydrogens is 514 g/mol. The second-order valence-electron chi connectivity index (χ2n) is 9.27. The summed E-state index contributed by atoms with van der Waals surface area (Å²) in [4.78, 5) is 20.6. The molecule has 3 heterocycles. The first-order chi connectivity index (χ1) is 17.9. The summed E-state index contributed by atoms with van der Waals surface area (Å²) < 4.78 is 45.1. The van der Waals surface area contributed by atoms with E-state index in [1.54, 1.807) is 43.4 Å². The highest BCUT2D eigenvalue weighted by molar-refractivity contribution is 7.89. The average molecular weight is 546 g/mol. The Morgan fingerprint density at radius 3 is 2.43 bits per heavy atom. The van der Waals surface area contributed by atoms with Gasteiger partial charge in [0.25, 0.3) is 0 Å². The fraction of sp³-hybridized carbons (Fsp3) is 0.462. The Balaban J connectivity index is 1.32. The van der Waals surface area contributed by atoms with E-state index in [0.29, 0.717) is 42.6 Å². The fourth-order valence-electron chi connectivity index (χ4n) is 4.85. The molecular formula is C26H31N3O6S2. The van der Waals surface area contributed by atoms with Gasteiger partial charge >= 0.3 is 0 Å². The Morgan fingerprint density at radius 2 is 1.78 bits per heavy atom. The number of thiazole rings is 1. The first-order valence-electron chi connectivity index (χ1n) is 12.4. The number of anilines is 1. The molecule has 0 radical (unpaired) electrons. The van der Waals surface area contributed by atoms with Gasteiger partial charge in [0.1, 0.15) is 11.5 Å². The van der Waals surface area contributed by atoms with Crippen molar-refractivity contribution in [2.75, 3.05) is 45.4 Å². The van der Waals surface area contributed by atoms with E-state index in [0.717, 1.165) is 23.1 Å². The highest BCUT2D eigenvalue weighted by Crippen LogP contribution is 2.34. The highest BCUT2D eigenvalue weighted by Gasteiger charge is 2.36. The third-order valence-electron chi connectivity index (χ3n) is 6.99. The summed E-state index contributed by atoms with van der Waals surface area (Å²) in [5.41, 5.74) is 0.782. The standard InChI is InChI=1S/C26H31N3O6S2/c1-33-19-5-8-22(9-6-19)37(31,32)28-13-11-18(12-14-28)25(30)29(17-21-4-3-15-35-21)26-27-23-16-20(34-2)7-10-24(23)36-26/h5-10,16,18,21H,3-4,11-15,17H2,1-2H3. The summed E-state index contributed by atoms with van der Waals surface area (Å²) >= 11 is 1.47. The number of carbonyl (C=O) groups is 1. The van der Waals surface area contributed by atoms with Crippen LogP contribution in [0.2, 0.25) is 0 Å². The zero-order valence-corrected chi connectivity index (χ0v) is 22.6. The molecule has 1 atom stereocenters. The number of amides is 1. The van der Waals surface area contributed by atoms with Gasteiger partial charge in [-0.3, -0.25) is 9.69 Å². The van der Waals surface area contributed by atoms with Gasteiger partial charge in [0.15, 0.2) is 5.13 Å². The quantitative estimate of drug-likeness (QED) is 0.423. The van der Waals surface area contributed by atoms with E-state index in [4.69, 9.17) is 19.2 Å². The predicted octanol–water partition coefficient (Wildman–Crippen LogP) is 3.93. The van der Waals surface area contributed by atoms with Crippen LogP contribution in [-0.2, 0) is 19.6 Å². The van der Waals surface area contributed by atoms with Crippen LogP contribution in [0.15, 0.2) is 47.4 Å². The number of fused-ring (bicyclic) bond motifs is 1. The first kappa shape index (κ1) is 25.9. The lowest BCUT2D eigenvalue weighted by Crippen LogP contribution is -2.46. The van der Waals surface area contributed by atoms with Gasteiger partial charge in [0.2, 0.25) is 15.9 Å². The molecule has 0 spiro atoms. The van der Waals surface area contributed by atoms with Crippen molar-refractivity contribution in [3.8, 4) is 11.5 Å². The molecule has 2 aliphatic heterocycles. The van der Waals surface area contributed by atoms with Gasteiger partial charge in [0, 0.05) is 31.7 Å². The number of rotatable bonds is 8. The third kappa shape index (κ3) is 5.45. The SMILES string of the molecule is COc1ccc(S(=O)(=O)N2CCC(C(=O)N(CC3CCCO3)c3nc4cc(OC)ccc4s3)CC2)cc1. The van der Waals surface area contributed by atoms with E-state index in [2.05, 4.69) is 0 Å². The molecule has 0 aliphatic carbocycles. The maximum absolute atomic E-state index is 13.8. The summed E-state index contributed by atoms with van der Waals surface area (Å²) in [6, 6.07) is 12.1. The summed E-state index contributed by atoms with van der Waals surface area (Å²) in [5.74, 6) is 1.00. The van der Waals surface area contributed by atoms with Gasteiger partial charge in [-0.25, -0.2) is 13.4 Å². The Morgan fingerprint density at radius 1 is 1.08 bits per heavy atom. The number of methoxy groups -OCH3 is 2. The molecule has 37 heavy (non-hydrogen) atoms. The van der Waals surface area contributed by atoms with E-state index in [9.17, 15) is 13.2 Å². The largest absolute Gasteiger partial charge is 0.497 e. The number of piperidine rings is 1. The molecule has 0 N–H and O–H groups in total. The Labute approximate surface area is 221 Å². The average Bonchev–Trinajstić information content (AvgIpc) is 3.60. The number of sulfonamides is 1. The van der Waals surface area contributed by atoms with Crippen molar-refractivity contribution >= 4 is 42.6 Å². The first-order valence-corrected chi connectivity index (χ1v) is 14.7. The number of nitrogens with zero attached hydrogens (tertiary/aromatic N) is 3. The number of hydrogen-bond donors (Lipinski definition) is 0. The van der Waals surface area contributed by atoms with Crippen molar-refractivity contribution in [1.29, 1.82) is 0 Å². The van der Waals surface area contributed by atoms with Crippen LogP contribution in [-0.4, -0.2) is 70.2 Å². The molecule has 0 saturated carbocycles. The number of hydrogen-bond acceptors (Lipinski definition) is 8. The molecule has 3 aromatic rings. The topological polar surface area (TPSA) is 98.3 Å². The van der Waals surface area contributed by atoms with Crippen LogP contribution >= 0.6 is 11.3 Å². The van der Waals surface area contributed by atoms with Crippen LogP contribution in [0.3, 0.4) is 0 Å². The summed E-state index contributed by atoms with van der Waals surface area (Å²) in [6.07, 6.45) is 2.76. The predicted molar refractivity (Wildman–Crippen MR) is 142 cm³/mol. The molecule has 11 heteroatoms. The molecule has 9 nitrogen and oxygen atoms in total. The smallest absolute Gasteiger partial charge is 0.243 e. The van der Waals surface area contributed by atoms with Crippen molar-refractivity contribution in [1.82, 2.24) is 9.29 Å². The van der Waals surface area contributed by atoms with Gasteiger partial charge in [0.05, 0.1) is 42.0 Å². The molecule has 1 amide bonds. The second kappa shape index (κ2) is 10.9. The van der Waals surface area contributed by atoms with E-state index in [1.807, 2.05) is 18.2 Å². The van der Waals surface area contributed by atoms with Gasteiger partial charge in [-0.2, -0.15) is 4.31 Å². The molecule has 5 rings (SSSR count). The molecule has 2 fully saturated rings. The Bertz CT molecular complexity index is 1340. The molecule has 0 bridgehead atoms. The number of carbonyl (C=O) groups excluding carboxylic acids is 1. The summed E-state index contributed by atoms with van der Waals surface area (Å²) in [6.45, 7) is 1.72. The van der Waals surface area contributed by atoms with Crippen LogP contribution in [0.4, 0.5) is 5.13 Å². The van der Waals surface area contributed by atoms with Crippen molar-refractivity contribution in [3.63, 3.8) is 0 Å². The van der Waals surface area contributed by atoms with Crippen LogP contribution in [0.5, 0.6) is 11.5 Å². The number of benzene rings is 2. The lowest BCUT2D eigenvalue weighted by atomic mass is 9.96. The molecule has 1 aromatic heterocycles. The molecule has 2 aliphatic rings. The second-order valence-corrected chi connectivity index (χ2v) is 12.2. The number of aromatic nitrogens is 1. The lowest BCUT2D eigenvalue weighted by molar-refractivity contribution is -0.123. The van der Waals surface area contributed by atoms with Crippen LogP contribution in [0.25, 0.3) is 10.2 Å². The maximum Gasteiger partial charge on any atom is 0.243 e. The van der Waals surface area contributed by atoms with Crippen LogP contribution in [0, 0.1) is 5.92 Å². The minimum Gasteiger partial charge on any atom is -0.497 e. The summed E-state index contributed by atoms with van der Waals surface area (Å²) in [7, 11) is -0.486. The molecule has 2 aromatic carbocycles. The van der Waals surface area contributed by atoms with Gasteiger partial charge in [-0.15, -0.1) is 0 Å². The normalized spacial score (nSPS) is 19.2. The van der Waals surface area contributed by atoms with E-state index < -0.39 is 10.0 Å². The van der Waals surface area contributed by atoms with Crippen LogP contribution in [0.1, 0.15) is 25.7 Å². The van der Waals surface area contributed by atoms with Gasteiger partial charge in [-0.05, 0) is 62.1 Å². The van der Waals surface area contributed by atoms with Crippen LogP contribution < -0.4 is 14.4 Å². The van der Waals surface area contributed by atoms with Crippen molar-refractivity contribution in [2.24, 2.45) is 5.92 Å². The number of ether oxygens (including phenoxy) is 3. The Kier molecular flexibility index (Phi) is 7.66. The summed E-state index contributed by atoms with van der Waals surface area (Å²) in [5, 5.41) is 0.636. The fourth-order valence-corrected chi connectivity index (χ4v) is 7.28. The van der Waals surface area contributed by atoms with Gasteiger partial charge in [-0.1, -0.05) is 11.3 Å². The zero-order chi connectivity index (χ0) is 26.0.